The first kappa shape index (κ1) is 22.4. The third kappa shape index (κ3) is 4.70. The molecule has 36 heavy (non-hydrogen) atoms. The van der Waals surface area contributed by atoms with Crippen molar-refractivity contribution in [2.24, 2.45) is 0 Å². The molecule has 1 fully saturated rings. The molecule has 182 valence electrons. The van der Waals surface area contributed by atoms with Crippen LogP contribution in [0.25, 0.3) is 22.5 Å². The Labute approximate surface area is 207 Å². The smallest absolute Gasteiger partial charge is 0.351 e. The fourth-order valence-electron chi connectivity index (χ4n) is 4.61. The van der Waals surface area contributed by atoms with Crippen LogP contribution in [0.4, 0.5) is 0 Å². The average Bonchev–Trinajstić information content (AvgIpc) is 3.45. The second-order valence-electron chi connectivity index (χ2n) is 8.86. The van der Waals surface area contributed by atoms with E-state index in [-0.39, 0.29) is 11.8 Å². The van der Waals surface area contributed by atoms with Crippen molar-refractivity contribution in [1.29, 1.82) is 0 Å². The summed E-state index contributed by atoms with van der Waals surface area (Å²) in [7, 11) is 0. The van der Waals surface area contributed by atoms with Gasteiger partial charge in [-0.3, -0.25) is 4.57 Å². The van der Waals surface area contributed by atoms with E-state index < -0.39 is 0 Å². The topological polar surface area (TPSA) is 101 Å². The average molecular weight is 484 g/mol. The molecule has 0 amide bonds. The van der Waals surface area contributed by atoms with Gasteiger partial charge in [0.15, 0.2) is 0 Å². The molecule has 0 spiro atoms. The zero-order valence-corrected chi connectivity index (χ0v) is 19.7. The first-order chi connectivity index (χ1) is 17.7. The van der Waals surface area contributed by atoms with Crippen molar-refractivity contribution in [2.75, 3.05) is 13.2 Å². The number of benzene rings is 1. The second-order valence-corrected chi connectivity index (χ2v) is 8.86. The van der Waals surface area contributed by atoms with E-state index in [1.807, 2.05) is 42.5 Å². The Hall–Kier alpha value is -4.11. The van der Waals surface area contributed by atoms with E-state index in [9.17, 15) is 4.79 Å². The van der Waals surface area contributed by atoms with Crippen molar-refractivity contribution in [2.45, 2.75) is 38.5 Å². The number of aromatic nitrogens is 5. The molecule has 9 nitrogen and oxygen atoms in total. The molecule has 0 bridgehead atoms. The molecular formula is C27H25N5O4. The Kier molecular flexibility index (Phi) is 6.13. The third-order valence-corrected chi connectivity index (χ3v) is 6.44. The van der Waals surface area contributed by atoms with Gasteiger partial charge in [0.25, 0.3) is 0 Å². The Morgan fingerprint density at radius 3 is 2.83 bits per heavy atom. The van der Waals surface area contributed by atoms with Crippen LogP contribution < -0.4 is 15.2 Å². The molecule has 1 atom stereocenters. The lowest BCUT2D eigenvalue weighted by molar-refractivity contribution is 0.0661. The molecule has 0 N–H and O–H groups in total. The standard InChI is InChI=1S/C27H25N5O4/c33-27-31-26(36-16-22-4-2-10-34-22)12-25-23-7-6-21(11-18(23)8-9-32(25)27)35-15-20-3-1-5-24(30-20)19-13-28-17-29-14-19/h1,3,5-7,11-14,17,22H,2,4,8-10,15-16H2. The highest BCUT2D eigenvalue weighted by Crippen LogP contribution is 2.32. The van der Waals surface area contributed by atoms with Crippen molar-refractivity contribution in [3.8, 4) is 34.1 Å². The van der Waals surface area contributed by atoms with Crippen molar-refractivity contribution in [1.82, 2.24) is 24.5 Å². The van der Waals surface area contributed by atoms with Crippen LogP contribution in [-0.2, 0) is 24.3 Å². The summed E-state index contributed by atoms with van der Waals surface area (Å²) < 4.78 is 19.2. The van der Waals surface area contributed by atoms with E-state index in [2.05, 4.69) is 19.9 Å². The SMILES string of the molecule is O=c1nc(OCC2CCCO2)cc2n1CCc1cc(OCc3cccc(-c4cncnc4)n3)ccc1-2. The Morgan fingerprint density at radius 1 is 1.06 bits per heavy atom. The third-order valence-electron chi connectivity index (χ3n) is 6.44. The molecule has 2 aliphatic rings. The second kappa shape index (κ2) is 9.87. The summed E-state index contributed by atoms with van der Waals surface area (Å²) in [6.07, 6.45) is 7.76. The first-order valence-electron chi connectivity index (χ1n) is 12.1. The van der Waals surface area contributed by atoms with E-state index in [1.165, 1.54) is 6.33 Å². The number of aryl methyl sites for hydroxylation is 1. The van der Waals surface area contributed by atoms with Gasteiger partial charge < -0.3 is 14.2 Å². The highest BCUT2D eigenvalue weighted by molar-refractivity contribution is 5.67. The van der Waals surface area contributed by atoms with Crippen LogP contribution in [0.1, 0.15) is 24.1 Å². The minimum absolute atomic E-state index is 0.0637. The highest BCUT2D eigenvalue weighted by Gasteiger charge is 2.21. The van der Waals surface area contributed by atoms with Gasteiger partial charge in [0, 0.05) is 42.7 Å². The van der Waals surface area contributed by atoms with Crippen molar-refractivity contribution >= 4 is 0 Å². The monoisotopic (exact) mass is 483 g/mol. The summed E-state index contributed by atoms with van der Waals surface area (Å²) >= 11 is 0. The maximum absolute atomic E-state index is 12.6. The minimum Gasteiger partial charge on any atom is -0.487 e. The minimum atomic E-state index is -0.296. The molecule has 0 aliphatic carbocycles. The first-order valence-corrected chi connectivity index (χ1v) is 12.1. The predicted octanol–water partition coefficient (Wildman–Crippen LogP) is 3.46. The maximum atomic E-state index is 12.6. The number of rotatable bonds is 7. The highest BCUT2D eigenvalue weighted by atomic mass is 16.5. The quantitative estimate of drug-likeness (QED) is 0.394. The summed E-state index contributed by atoms with van der Waals surface area (Å²) in [6, 6.07) is 13.6. The molecule has 9 heteroatoms. The van der Waals surface area contributed by atoms with Crippen molar-refractivity contribution < 1.29 is 14.2 Å². The molecule has 1 aromatic carbocycles. The van der Waals surface area contributed by atoms with E-state index in [4.69, 9.17) is 14.2 Å². The largest absolute Gasteiger partial charge is 0.487 e. The van der Waals surface area contributed by atoms with Gasteiger partial charge >= 0.3 is 5.69 Å². The molecule has 5 heterocycles. The van der Waals surface area contributed by atoms with Gasteiger partial charge in [0.05, 0.1) is 23.2 Å². The van der Waals surface area contributed by atoms with Gasteiger partial charge in [-0.05, 0) is 55.2 Å². The maximum Gasteiger partial charge on any atom is 0.351 e. The summed E-state index contributed by atoms with van der Waals surface area (Å²) in [4.78, 5) is 29.6. The number of pyridine rings is 1. The molecule has 0 saturated carbocycles. The number of hydrogen-bond acceptors (Lipinski definition) is 8. The van der Waals surface area contributed by atoms with Gasteiger partial charge in [-0.15, -0.1) is 0 Å². The molecule has 4 aromatic rings. The number of nitrogens with zero attached hydrogens (tertiary/aromatic N) is 5. The van der Waals surface area contributed by atoms with Crippen molar-refractivity contribution in [3.63, 3.8) is 0 Å². The zero-order valence-electron chi connectivity index (χ0n) is 19.7. The van der Waals surface area contributed by atoms with Gasteiger partial charge in [-0.25, -0.2) is 19.7 Å². The van der Waals surface area contributed by atoms with Gasteiger partial charge in [-0.1, -0.05) is 6.07 Å². The molecule has 1 unspecified atom stereocenters. The van der Waals surface area contributed by atoms with Crippen LogP contribution >= 0.6 is 0 Å². The van der Waals surface area contributed by atoms with Crippen LogP contribution in [-0.4, -0.2) is 43.8 Å². The number of ether oxygens (including phenoxy) is 3. The summed E-state index contributed by atoms with van der Waals surface area (Å²) in [5.74, 6) is 1.09. The number of fused-ring (bicyclic) bond motifs is 3. The van der Waals surface area contributed by atoms with E-state index >= 15 is 0 Å². The zero-order chi connectivity index (χ0) is 24.3. The van der Waals surface area contributed by atoms with Crippen molar-refractivity contribution in [3.05, 3.63) is 82.9 Å². The predicted molar refractivity (Wildman–Crippen MR) is 132 cm³/mol. The van der Waals surface area contributed by atoms with Gasteiger partial charge in [0.2, 0.25) is 5.88 Å². The molecule has 0 radical (unpaired) electrons. The van der Waals surface area contributed by atoms with E-state index in [1.54, 1.807) is 17.0 Å². The summed E-state index contributed by atoms with van der Waals surface area (Å²) in [6.45, 7) is 2.06. The van der Waals surface area contributed by atoms with Crippen LogP contribution in [0.3, 0.4) is 0 Å². The fourth-order valence-corrected chi connectivity index (χ4v) is 4.61. The van der Waals surface area contributed by atoms with Crippen LogP contribution in [0.2, 0.25) is 0 Å². The molecule has 6 rings (SSSR count). The Morgan fingerprint density at radius 2 is 1.97 bits per heavy atom. The normalized spacial score (nSPS) is 16.3. The van der Waals surface area contributed by atoms with E-state index in [0.717, 1.165) is 65.4 Å². The van der Waals surface area contributed by atoms with Gasteiger partial charge in [0.1, 0.15) is 25.3 Å². The Bertz CT molecular complexity index is 1430. The van der Waals surface area contributed by atoms with Crippen LogP contribution in [0.15, 0.2) is 66.0 Å². The lowest BCUT2D eigenvalue weighted by Gasteiger charge is -2.22. The van der Waals surface area contributed by atoms with E-state index in [0.29, 0.717) is 25.6 Å². The summed E-state index contributed by atoms with van der Waals surface area (Å²) in [5, 5.41) is 0. The molecule has 2 aliphatic heterocycles. The van der Waals surface area contributed by atoms with Crippen LogP contribution in [0, 0.1) is 0 Å². The molecular weight excluding hydrogens is 458 g/mol. The number of hydrogen-bond donors (Lipinski definition) is 0. The molecule has 3 aromatic heterocycles. The Balaban J connectivity index is 1.18. The fraction of sp³-hybridized carbons (Fsp3) is 0.296. The van der Waals surface area contributed by atoms with Gasteiger partial charge in [-0.2, -0.15) is 4.98 Å². The summed E-state index contributed by atoms with van der Waals surface area (Å²) in [5.41, 5.74) is 5.09. The lowest BCUT2D eigenvalue weighted by Crippen LogP contribution is -2.29. The lowest BCUT2D eigenvalue weighted by atomic mass is 9.97. The van der Waals surface area contributed by atoms with Crippen LogP contribution in [0.5, 0.6) is 11.6 Å². The molecule has 1 saturated heterocycles.